The molecule has 2 aromatic carbocycles. The lowest BCUT2D eigenvalue weighted by Crippen LogP contribution is -2.43. The van der Waals surface area contributed by atoms with E-state index in [1.54, 1.807) is 24.3 Å². The Balaban J connectivity index is 1.33. The quantitative estimate of drug-likeness (QED) is 0.408. The molecule has 0 aliphatic carbocycles. The van der Waals surface area contributed by atoms with E-state index < -0.39 is 0 Å². The molecule has 0 bridgehead atoms. The lowest BCUT2D eigenvalue weighted by Gasteiger charge is -2.34. The Kier molecular flexibility index (Phi) is 6.90. The Bertz CT molecular complexity index is 1310. The number of carbonyl (C=O) groups excluding carboxylic acids is 1. The van der Waals surface area contributed by atoms with Gasteiger partial charge < -0.3 is 10.1 Å². The summed E-state index contributed by atoms with van der Waals surface area (Å²) < 4.78 is 34.1. The first-order valence-electron chi connectivity index (χ1n) is 11.5. The van der Waals surface area contributed by atoms with E-state index in [0.717, 1.165) is 40.1 Å². The largest absolute Gasteiger partial charge is 0.379 e. The summed E-state index contributed by atoms with van der Waals surface area (Å²) in [7, 11) is 0. The highest BCUT2D eigenvalue weighted by Gasteiger charge is 2.24. The molecule has 1 atom stereocenters. The average Bonchev–Trinajstić information content (AvgIpc) is 3.43. The van der Waals surface area contributed by atoms with Gasteiger partial charge in [-0.25, -0.2) is 8.78 Å². The molecule has 1 saturated heterocycles. The lowest BCUT2D eigenvalue weighted by atomic mass is 10.0. The number of aryl methyl sites for hydroxylation is 1. The van der Waals surface area contributed by atoms with Crippen molar-refractivity contribution < 1.29 is 18.3 Å². The first-order valence-corrected chi connectivity index (χ1v) is 12.4. The van der Waals surface area contributed by atoms with Crippen molar-refractivity contribution in [2.45, 2.75) is 19.5 Å². The van der Waals surface area contributed by atoms with Crippen molar-refractivity contribution in [2.75, 3.05) is 32.8 Å². The number of aromatic nitrogens is 2. The number of rotatable bonds is 7. The monoisotopic (exact) mass is 496 g/mol. The van der Waals surface area contributed by atoms with Crippen molar-refractivity contribution in [3.8, 4) is 0 Å². The van der Waals surface area contributed by atoms with E-state index in [9.17, 15) is 13.6 Å². The Morgan fingerprint density at radius 3 is 2.43 bits per heavy atom. The number of hydrogen-bond donors (Lipinski definition) is 1. The van der Waals surface area contributed by atoms with Crippen LogP contribution >= 0.6 is 11.3 Å². The Hall–Kier alpha value is -3.14. The van der Waals surface area contributed by atoms with Crippen molar-refractivity contribution in [1.82, 2.24) is 20.0 Å². The number of ether oxygens (including phenoxy) is 1. The fourth-order valence-corrected chi connectivity index (χ4v) is 5.48. The third-order valence-electron chi connectivity index (χ3n) is 6.27. The van der Waals surface area contributed by atoms with Crippen LogP contribution in [0.15, 0.2) is 54.6 Å². The van der Waals surface area contributed by atoms with Gasteiger partial charge in [0, 0.05) is 25.0 Å². The summed E-state index contributed by atoms with van der Waals surface area (Å²) in [6.45, 7) is 5.58. The lowest BCUT2D eigenvalue weighted by molar-refractivity contribution is 0.0162. The van der Waals surface area contributed by atoms with Gasteiger partial charge in [-0.3, -0.25) is 14.4 Å². The molecule has 5 rings (SSSR count). The third kappa shape index (κ3) is 5.27. The van der Waals surface area contributed by atoms with Gasteiger partial charge in [-0.05, 0) is 48.4 Å². The second kappa shape index (κ2) is 10.2. The minimum atomic E-state index is -0.283. The van der Waals surface area contributed by atoms with Crippen molar-refractivity contribution in [2.24, 2.45) is 0 Å². The minimum absolute atomic E-state index is 0.0754. The molecular formula is C26H26F2N4O2S. The van der Waals surface area contributed by atoms with Gasteiger partial charge in [0.25, 0.3) is 5.91 Å². The minimum Gasteiger partial charge on any atom is -0.379 e. The van der Waals surface area contributed by atoms with Crippen molar-refractivity contribution >= 4 is 27.5 Å². The summed E-state index contributed by atoms with van der Waals surface area (Å²) in [5, 5.41) is 8.62. The van der Waals surface area contributed by atoms with E-state index in [4.69, 9.17) is 4.74 Å². The molecule has 1 aliphatic rings. The predicted octanol–water partition coefficient (Wildman–Crippen LogP) is 4.54. The molecule has 3 heterocycles. The zero-order valence-corrected chi connectivity index (χ0v) is 20.2. The van der Waals surface area contributed by atoms with Crippen molar-refractivity contribution in [1.29, 1.82) is 0 Å². The highest BCUT2D eigenvalue weighted by molar-refractivity contribution is 7.20. The van der Waals surface area contributed by atoms with E-state index in [-0.39, 0.29) is 23.6 Å². The normalized spacial score (nSPS) is 15.4. The number of thiophene rings is 1. The Labute approximate surface area is 206 Å². The van der Waals surface area contributed by atoms with Gasteiger partial charge in [0.15, 0.2) is 0 Å². The molecule has 1 aliphatic heterocycles. The number of benzene rings is 2. The van der Waals surface area contributed by atoms with Crippen LogP contribution in [0.25, 0.3) is 10.2 Å². The molecule has 6 nitrogen and oxygen atoms in total. The van der Waals surface area contributed by atoms with Gasteiger partial charge in [-0.1, -0.05) is 24.3 Å². The van der Waals surface area contributed by atoms with E-state index in [0.29, 0.717) is 31.2 Å². The van der Waals surface area contributed by atoms with Gasteiger partial charge in [0.05, 0.1) is 36.4 Å². The second-order valence-corrected chi connectivity index (χ2v) is 9.66. The molecule has 0 unspecified atom stereocenters. The van der Waals surface area contributed by atoms with Crippen LogP contribution in [0.5, 0.6) is 0 Å². The second-order valence-electron chi connectivity index (χ2n) is 8.62. The third-order valence-corrected chi connectivity index (χ3v) is 7.42. The van der Waals surface area contributed by atoms with Crippen LogP contribution in [0.4, 0.5) is 8.78 Å². The molecule has 35 heavy (non-hydrogen) atoms. The summed E-state index contributed by atoms with van der Waals surface area (Å²) in [4.78, 5) is 16.9. The first-order chi connectivity index (χ1) is 17.0. The number of nitrogens with one attached hydrogen (secondary N) is 1. The molecule has 0 saturated carbocycles. The summed E-state index contributed by atoms with van der Waals surface area (Å²) in [6.07, 6.45) is 0. The maximum atomic E-state index is 13.5. The van der Waals surface area contributed by atoms with Gasteiger partial charge in [0.2, 0.25) is 0 Å². The predicted molar refractivity (Wildman–Crippen MR) is 132 cm³/mol. The first kappa shape index (κ1) is 23.6. The number of morpholine rings is 1. The van der Waals surface area contributed by atoms with Crippen LogP contribution in [0.2, 0.25) is 0 Å². The maximum absolute atomic E-state index is 13.5. The van der Waals surface area contributed by atoms with E-state index in [1.807, 2.05) is 17.7 Å². The van der Waals surface area contributed by atoms with Gasteiger partial charge in [-0.15, -0.1) is 11.3 Å². The van der Waals surface area contributed by atoms with Crippen LogP contribution in [-0.2, 0) is 11.3 Å². The molecule has 1 N–H and O–H groups in total. The SMILES string of the molecule is Cc1nn(Cc2ccc(F)cc2)c2sc(C(=O)NC[C@H](c3ccc(F)cc3)N3CCOCC3)cc12. The standard InChI is InChI=1S/C26H26F2N4O2S/c1-17-22-14-24(35-26(22)32(30-17)16-18-2-6-20(27)7-3-18)25(33)29-15-23(31-10-12-34-13-11-31)19-4-8-21(28)9-5-19/h2-9,14,23H,10-13,15-16H2,1H3,(H,29,33)/t23-/m1/s1. The number of fused-ring (bicyclic) bond motifs is 1. The smallest absolute Gasteiger partial charge is 0.261 e. The van der Waals surface area contributed by atoms with Crippen molar-refractivity contribution in [3.63, 3.8) is 0 Å². The molecule has 182 valence electrons. The fourth-order valence-electron chi connectivity index (χ4n) is 4.40. The number of nitrogens with zero attached hydrogens (tertiary/aromatic N) is 3. The Morgan fingerprint density at radius 2 is 1.74 bits per heavy atom. The molecule has 0 spiro atoms. The van der Waals surface area contributed by atoms with Gasteiger partial charge >= 0.3 is 0 Å². The highest BCUT2D eigenvalue weighted by Crippen LogP contribution is 2.29. The van der Waals surface area contributed by atoms with Crippen LogP contribution in [0.3, 0.4) is 0 Å². The van der Waals surface area contributed by atoms with Gasteiger partial charge in [0.1, 0.15) is 16.5 Å². The van der Waals surface area contributed by atoms with Crippen LogP contribution in [-0.4, -0.2) is 53.4 Å². The Morgan fingerprint density at radius 1 is 1.09 bits per heavy atom. The zero-order valence-electron chi connectivity index (χ0n) is 19.3. The van der Waals surface area contributed by atoms with Crippen LogP contribution in [0.1, 0.15) is 32.5 Å². The van der Waals surface area contributed by atoms with Gasteiger partial charge in [-0.2, -0.15) is 5.10 Å². The summed E-state index contributed by atoms with van der Waals surface area (Å²) in [5.41, 5.74) is 2.73. The summed E-state index contributed by atoms with van der Waals surface area (Å²) in [5.74, 6) is -0.713. The summed E-state index contributed by atoms with van der Waals surface area (Å²) in [6, 6.07) is 14.6. The molecular weight excluding hydrogens is 470 g/mol. The number of halogens is 2. The molecule has 1 amide bonds. The molecule has 4 aromatic rings. The summed E-state index contributed by atoms with van der Waals surface area (Å²) >= 11 is 1.39. The van der Waals surface area contributed by atoms with Crippen LogP contribution < -0.4 is 5.32 Å². The van der Waals surface area contributed by atoms with Crippen LogP contribution in [0, 0.1) is 18.6 Å². The van der Waals surface area contributed by atoms with Crippen molar-refractivity contribution in [3.05, 3.63) is 87.9 Å². The molecule has 1 fully saturated rings. The maximum Gasteiger partial charge on any atom is 0.261 e. The fraction of sp³-hybridized carbons (Fsp3) is 0.308. The molecule has 0 radical (unpaired) electrons. The topological polar surface area (TPSA) is 59.4 Å². The van der Waals surface area contributed by atoms with E-state index in [1.165, 1.54) is 35.6 Å². The highest BCUT2D eigenvalue weighted by atomic mass is 32.1. The molecule has 9 heteroatoms. The molecule has 2 aromatic heterocycles. The number of amides is 1. The zero-order chi connectivity index (χ0) is 24.4. The van der Waals surface area contributed by atoms with E-state index >= 15 is 0 Å². The number of carbonyl (C=O) groups is 1. The van der Waals surface area contributed by atoms with E-state index in [2.05, 4.69) is 15.3 Å². The number of hydrogen-bond acceptors (Lipinski definition) is 5. The average molecular weight is 497 g/mol.